The molecule has 1 unspecified atom stereocenters. The van der Waals surface area contributed by atoms with Gasteiger partial charge in [-0.05, 0) is 0 Å². The van der Waals surface area contributed by atoms with Crippen LogP contribution in [0, 0.1) is 0 Å². The van der Waals surface area contributed by atoms with Gasteiger partial charge in [0.1, 0.15) is 12.8 Å². The van der Waals surface area contributed by atoms with Crippen LogP contribution in [0.15, 0.2) is 0 Å². The lowest BCUT2D eigenvalue weighted by Gasteiger charge is -2.16. The first-order valence-electron chi connectivity index (χ1n) is 4.61. The van der Waals surface area contributed by atoms with Gasteiger partial charge >= 0.3 is 6.09 Å². The summed E-state index contributed by atoms with van der Waals surface area (Å²) in [6.07, 6.45) is -2.21. The van der Waals surface area contributed by atoms with Crippen molar-refractivity contribution in [2.75, 3.05) is 26.4 Å². The van der Waals surface area contributed by atoms with Crippen LogP contribution in [0.25, 0.3) is 0 Å². The lowest BCUT2D eigenvalue weighted by atomic mass is 10.3. The molecule has 0 saturated heterocycles. The van der Waals surface area contributed by atoms with Crippen LogP contribution in [0.4, 0.5) is 4.79 Å². The maximum atomic E-state index is 11.0. The summed E-state index contributed by atoms with van der Waals surface area (Å²) < 4.78 is 9.36. The average molecular weight is 235 g/mol. The van der Waals surface area contributed by atoms with E-state index in [-0.39, 0.29) is 32.8 Å². The summed E-state index contributed by atoms with van der Waals surface area (Å²) in [5.41, 5.74) is 6.71. The van der Waals surface area contributed by atoms with Gasteiger partial charge in [0.25, 0.3) is 0 Å². The molecule has 8 heteroatoms. The number of ether oxygens (including phenoxy) is 2. The molecule has 0 rings (SSSR count). The zero-order valence-corrected chi connectivity index (χ0v) is 8.64. The van der Waals surface area contributed by atoms with E-state index in [0.29, 0.717) is 0 Å². The molecule has 8 nitrogen and oxygen atoms in total. The smallest absolute Gasteiger partial charge is 0.409 e. The van der Waals surface area contributed by atoms with Gasteiger partial charge in [-0.3, -0.25) is 15.8 Å². The van der Waals surface area contributed by atoms with E-state index in [1.54, 1.807) is 0 Å². The predicted molar refractivity (Wildman–Crippen MR) is 51.1 cm³/mol. The van der Waals surface area contributed by atoms with Crippen molar-refractivity contribution in [3.63, 3.8) is 0 Å². The van der Waals surface area contributed by atoms with Crippen molar-refractivity contribution in [1.82, 2.24) is 11.1 Å². The van der Waals surface area contributed by atoms with Crippen LogP contribution >= 0.6 is 0 Å². The van der Waals surface area contributed by atoms with Crippen molar-refractivity contribution in [2.24, 2.45) is 0 Å². The Morgan fingerprint density at radius 1 is 1.25 bits per heavy atom. The Labute approximate surface area is 92.3 Å². The Bertz CT molecular complexity index is 223. The van der Waals surface area contributed by atoms with Gasteiger partial charge in [0.15, 0.2) is 0 Å². The van der Waals surface area contributed by atoms with Gasteiger partial charge in [0.2, 0.25) is 5.91 Å². The first kappa shape index (κ1) is 14.6. The van der Waals surface area contributed by atoms with E-state index in [1.165, 1.54) is 0 Å². The summed E-state index contributed by atoms with van der Waals surface area (Å²) in [4.78, 5) is 21.5. The number of aliphatic hydroxyl groups excluding tert-OH is 2. The van der Waals surface area contributed by atoms with Gasteiger partial charge < -0.3 is 19.7 Å². The van der Waals surface area contributed by atoms with E-state index in [1.807, 2.05) is 0 Å². The van der Waals surface area contributed by atoms with Gasteiger partial charge in [0.05, 0.1) is 26.2 Å². The molecule has 0 aliphatic heterocycles. The molecule has 0 heterocycles. The van der Waals surface area contributed by atoms with Crippen molar-refractivity contribution in [1.29, 1.82) is 0 Å². The summed E-state index contributed by atoms with van der Waals surface area (Å²) in [7, 11) is 0. The van der Waals surface area contributed by atoms with Crippen molar-refractivity contribution in [2.45, 2.75) is 12.6 Å². The molecule has 0 bridgehead atoms. The Morgan fingerprint density at radius 3 is 2.38 bits per heavy atom. The van der Waals surface area contributed by atoms with Crippen molar-refractivity contribution in [3.05, 3.63) is 0 Å². The molecule has 0 saturated carbocycles. The zero-order valence-electron chi connectivity index (χ0n) is 8.64. The van der Waals surface area contributed by atoms with E-state index in [9.17, 15) is 9.59 Å². The molecule has 0 aromatic carbocycles. The van der Waals surface area contributed by atoms with E-state index < -0.39 is 18.2 Å². The van der Waals surface area contributed by atoms with E-state index in [4.69, 9.17) is 20.7 Å². The number of rotatable bonds is 8. The molecule has 93 valence electrons. The third kappa shape index (κ3) is 7.97. The third-order valence-electron chi connectivity index (χ3n) is 1.38. The van der Waals surface area contributed by atoms with Crippen molar-refractivity contribution in [3.8, 4) is 0 Å². The fourth-order valence-corrected chi connectivity index (χ4v) is 0.826. The minimum absolute atomic E-state index is 0.0712. The number of nitrogens with one attached hydrogen (secondary N) is 2. The van der Waals surface area contributed by atoms with Crippen LogP contribution in [-0.2, 0) is 14.3 Å². The van der Waals surface area contributed by atoms with Crippen molar-refractivity contribution < 1.29 is 29.3 Å². The second-order valence-corrected chi connectivity index (χ2v) is 2.71. The average Bonchev–Trinajstić information content (AvgIpc) is 2.22. The lowest BCUT2D eigenvalue weighted by Crippen LogP contribution is -2.39. The molecule has 4 N–H and O–H groups in total. The molecule has 0 aliphatic carbocycles. The third-order valence-corrected chi connectivity index (χ3v) is 1.38. The first-order valence-corrected chi connectivity index (χ1v) is 4.61. The standard InChI is InChI=1S/C8H15N2O6/c9-6(13)5-7(15-3-1-11)10-8(14)16-4-2-12/h7,9,11-12H,1-5H2,(H,10,14). The molecule has 0 fully saturated rings. The van der Waals surface area contributed by atoms with Crippen LogP contribution in [-0.4, -0.2) is 54.9 Å². The fraction of sp³-hybridized carbons (Fsp3) is 0.750. The predicted octanol–water partition coefficient (Wildman–Crippen LogP) is -1.76. The second kappa shape index (κ2) is 8.89. The molecular formula is C8H15N2O6. The number of carbonyl (C=O) groups excluding carboxylic acids is 2. The van der Waals surface area contributed by atoms with E-state index in [0.717, 1.165) is 0 Å². The molecular weight excluding hydrogens is 220 g/mol. The number of carbonyl (C=O) groups is 2. The number of alkyl carbamates (subject to hydrolysis) is 1. The van der Waals surface area contributed by atoms with Gasteiger partial charge in [-0.15, -0.1) is 0 Å². The first-order chi connectivity index (χ1) is 7.60. The minimum atomic E-state index is -1.01. The molecule has 1 atom stereocenters. The molecule has 0 aliphatic rings. The highest BCUT2D eigenvalue weighted by atomic mass is 16.6. The molecule has 0 spiro atoms. The summed E-state index contributed by atoms with van der Waals surface area (Å²) in [6.45, 7) is -0.825. The monoisotopic (exact) mass is 235 g/mol. The van der Waals surface area contributed by atoms with Gasteiger partial charge in [-0.2, -0.15) is 0 Å². The molecule has 1 radical (unpaired) electrons. The summed E-state index contributed by atoms with van der Waals surface area (Å²) >= 11 is 0. The van der Waals surface area contributed by atoms with Gasteiger partial charge in [-0.25, -0.2) is 4.79 Å². The molecule has 0 aromatic heterocycles. The highest BCUT2D eigenvalue weighted by molar-refractivity contribution is 5.74. The van der Waals surface area contributed by atoms with Crippen molar-refractivity contribution >= 4 is 12.0 Å². The Hall–Kier alpha value is -1.38. The zero-order chi connectivity index (χ0) is 12.4. The maximum Gasteiger partial charge on any atom is 0.409 e. The highest BCUT2D eigenvalue weighted by Crippen LogP contribution is 1.95. The summed E-state index contributed by atoms with van der Waals surface area (Å²) in [5, 5.41) is 19.0. The van der Waals surface area contributed by atoms with E-state index >= 15 is 0 Å². The molecule has 2 amide bonds. The van der Waals surface area contributed by atoms with Crippen LogP contribution in [0.5, 0.6) is 0 Å². The van der Waals surface area contributed by atoms with Crippen LogP contribution in [0.3, 0.4) is 0 Å². The summed E-state index contributed by atoms with van der Waals surface area (Å²) in [5.74, 6) is -0.912. The molecule has 0 aromatic rings. The lowest BCUT2D eigenvalue weighted by molar-refractivity contribution is -0.122. The SMILES string of the molecule is [NH]C(=O)CC(NC(=O)OCCO)OCCO. The van der Waals surface area contributed by atoms with Crippen LogP contribution in [0.1, 0.15) is 6.42 Å². The maximum absolute atomic E-state index is 11.0. The topological polar surface area (TPSA) is 129 Å². The summed E-state index contributed by atoms with van der Waals surface area (Å²) in [6, 6.07) is 0. The largest absolute Gasteiger partial charge is 0.447 e. The number of amides is 2. The Morgan fingerprint density at radius 2 is 1.88 bits per heavy atom. The normalized spacial score (nSPS) is 11.9. The number of hydrogen-bond donors (Lipinski definition) is 3. The number of aliphatic hydroxyl groups is 2. The van der Waals surface area contributed by atoms with Crippen LogP contribution in [0.2, 0.25) is 0 Å². The van der Waals surface area contributed by atoms with Gasteiger partial charge in [0, 0.05) is 0 Å². The molecule has 16 heavy (non-hydrogen) atoms. The van der Waals surface area contributed by atoms with Gasteiger partial charge in [-0.1, -0.05) is 0 Å². The Balaban J connectivity index is 3.97. The minimum Gasteiger partial charge on any atom is -0.447 e. The second-order valence-electron chi connectivity index (χ2n) is 2.71. The van der Waals surface area contributed by atoms with E-state index in [2.05, 4.69) is 10.1 Å². The number of hydrogen-bond acceptors (Lipinski definition) is 6. The Kier molecular flexibility index (Phi) is 8.12. The van der Waals surface area contributed by atoms with Crippen LogP contribution < -0.4 is 11.1 Å². The quantitative estimate of drug-likeness (QED) is 0.427. The fourth-order valence-electron chi connectivity index (χ4n) is 0.826. The highest BCUT2D eigenvalue weighted by Gasteiger charge is 2.16.